The van der Waals surface area contributed by atoms with Gasteiger partial charge in [-0.05, 0) is 43.3 Å². The highest BCUT2D eigenvalue weighted by Gasteiger charge is 2.19. The normalized spacial score (nSPS) is 10.9. The van der Waals surface area contributed by atoms with Gasteiger partial charge in [0.15, 0.2) is 16.7 Å². The molecular formula is C27H20N4O4S. The minimum absolute atomic E-state index is 0.00874. The monoisotopic (exact) mass is 496 g/mol. The summed E-state index contributed by atoms with van der Waals surface area (Å²) in [5.41, 5.74) is 3.60. The Morgan fingerprint density at radius 3 is 2.33 bits per heavy atom. The molecule has 0 aliphatic rings. The maximum absolute atomic E-state index is 12.9. The second-order valence-electron chi connectivity index (χ2n) is 8.02. The summed E-state index contributed by atoms with van der Waals surface area (Å²) in [5, 5.41) is 20.2. The number of hydrogen-bond acceptors (Lipinski definition) is 7. The van der Waals surface area contributed by atoms with Gasteiger partial charge in [-0.25, -0.2) is 0 Å². The van der Waals surface area contributed by atoms with Crippen LogP contribution in [0.5, 0.6) is 0 Å². The molecule has 8 nitrogen and oxygen atoms in total. The Hall–Kier alpha value is -4.50. The van der Waals surface area contributed by atoms with Crippen molar-refractivity contribution in [2.75, 3.05) is 5.75 Å². The average Bonchev–Trinajstić information content (AvgIpc) is 3.56. The first kappa shape index (κ1) is 23.3. The van der Waals surface area contributed by atoms with Crippen molar-refractivity contribution < 1.29 is 14.1 Å². The van der Waals surface area contributed by atoms with Crippen molar-refractivity contribution in [3.05, 3.63) is 112 Å². The van der Waals surface area contributed by atoms with Crippen molar-refractivity contribution in [3.8, 4) is 28.4 Å². The lowest BCUT2D eigenvalue weighted by molar-refractivity contribution is -0.384. The van der Waals surface area contributed by atoms with Gasteiger partial charge in [0.05, 0.1) is 10.7 Å². The molecule has 0 saturated heterocycles. The predicted molar refractivity (Wildman–Crippen MR) is 137 cm³/mol. The van der Waals surface area contributed by atoms with Gasteiger partial charge < -0.3 is 4.42 Å². The first-order valence-electron chi connectivity index (χ1n) is 11.1. The van der Waals surface area contributed by atoms with Gasteiger partial charge >= 0.3 is 0 Å². The Kier molecular flexibility index (Phi) is 6.46. The van der Waals surface area contributed by atoms with E-state index in [1.54, 1.807) is 24.3 Å². The molecule has 0 N–H and O–H groups in total. The van der Waals surface area contributed by atoms with E-state index < -0.39 is 4.92 Å². The molecule has 0 amide bonds. The number of hydrogen-bond donors (Lipinski definition) is 0. The molecule has 0 saturated carbocycles. The summed E-state index contributed by atoms with van der Waals surface area (Å²) < 4.78 is 7.69. The van der Waals surface area contributed by atoms with Gasteiger partial charge in [0, 0.05) is 28.9 Å². The third kappa shape index (κ3) is 4.82. The fraction of sp³-hybridized carbons (Fsp3) is 0.0741. The zero-order chi connectivity index (χ0) is 25.1. The molecule has 0 fully saturated rings. The van der Waals surface area contributed by atoms with Crippen LogP contribution in [0.3, 0.4) is 0 Å². The summed E-state index contributed by atoms with van der Waals surface area (Å²) in [4.78, 5) is 23.3. The summed E-state index contributed by atoms with van der Waals surface area (Å²) in [6, 6.07) is 27.1. The number of non-ortho nitro benzene ring substituents is 1. The van der Waals surface area contributed by atoms with Crippen LogP contribution in [0, 0.1) is 17.0 Å². The number of ketones is 1. The molecule has 2 aromatic heterocycles. The van der Waals surface area contributed by atoms with Gasteiger partial charge in [0.1, 0.15) is 5.76 Å². The zero-order valence-electron chi connectivity index (χ0n) is 19.2. The Morgan fingerprint density at radius 2 is 1.64 bits per heavy atom. The first-order valence-corrected chi connectivity index (χ1v) is 12.1. The summed E-state index contributed by atoms with van der Waals surface area (Å²) >= 11 is 1.28. The molecule has 178 valence electrons. The van der Waals surface area contributed by atoms with Crippen molar-refractivity contribution in [2.45, 2.75) is 12.1 Å². The Bertz CT molecular complexity index is 1520. The minimum atomic E-state index is -0.462. The van der Waals surface area contributed by atoms with Gasteiger partial charge in [-0.3, -0.25) is 19.5 Å². The van der Waals surface area contributed by atoms with Gasteiger partial charge in [-0.1, -0.05) is 59.8 Å². The van der Waals surface area contributed by atoms with Crippen molar-refractivity contribution >= 4 is 23.2 Å². The highest BCUT2D eigenvalue weighted by molar-refractivity contribution is 7.99. The van der Waals surface area contributed by atoms with Crippen LogP contribution in [0.1, 0.15) is 16.1 Å². The molecule has 36 heavy (non-hydrogen) atoms. The molecule has 0 atom stereocenters. The van der Waals surface area contributed by atoms with Crippen LogP contribution in [-0.4, -0.2) is 31.2 Å². The summed E-state index contributed by atoms with van der Waals surface area (Å²) in [6.45, 7) is 2.02. The van der Waals surface area contributed by atoms with Crippen molar-refractivity contribution in [1.29, 1.82) is 0 Å². The lowest BCUT2D eigenvalue weighted by Gasteiger charge is -2.10. The summed E-state index contributed by atoms with van der Waals surface area (Å²) in [7, 11) is 0. The third-order valence-corrected chi connectivity index (χ3v) is 6.46. The van der Waals surface area contributed by atoms with Crippen LogP contribution in [-0.2, 0) is 0 Å². The fourth-order valence-electron chi connectivity index (χ4n) is 3.66. The SMILES string of the molecule is Cc1ccc(-n2c(SCC(=O)c3ccc(-c4ccc([N+](=O)[O-])cc4)o3)nnc2-c2ccccc2)cc1. The lowest BCUT2D eigenvalue weighted by atomic mass is 10.1. The van der Waals surface area contributed by atoms with Crippen LogP contribution in [0.2, 0.25) is 0 Å². The van der Waals surface area contributed by atoms with Gasteiger partial charge in [0.25, 0.3) is 5.69 Å². The number of nitro benzene ring substituents is 1. The maximum Gasteiger partial charge on any atom is 0.269 e. The number of aryl methyl sites for hydroxylation is 1. The Balaban J connectivity index is 1.37. The van der Waals surface area contributed by atoms with E-state index in [9.17, 15) is 14.9 Å². The van der Waals surface area contributed by atoms with Gasteiger partial charge in [-0.2, -0.15) is 0 Å². The average molecular weight is 497 g/mol. The molecular weight excluding hydrogens is 476 g/mol. The van der Waals surface area contributed by atoms with Crippen LogP contribution >= 0.6 is 11.8 Å². The van der Waals surface area contributed by atoms with E-state index in [-0.39, 0.29) is 23.0 Å². The van der Waals surface area contributed by atoms with E-state index in [0.29, 0.717) is 22.3 Å². The minimum Gasteiger partial charge on any atom is -0.453 e. The molecule has 0 aliphatic carbocycles. The van der Waals surface area contributed by atoms with E-state index >= 15 is 0 Å². The number of thioether (sulfide) groups is 1. The maximum atomic E-state index is 12.9. The van der Waals surface area contributed by atoms with E-state index in [2.05, 4.69) is 10.2 Å². The number of carbonyl (C=O) groups is 1. The highest BCUT2D eigenvalue weighted by Crippen LogP contribution is 2.30. The quantitative estimate of drug-likeness (QED) is 0.106. The smallest absolute Gasteiger partial charge is 0.269 e. The van der Waals surface area contributed by atoms with Crippen LogP contribution in [0.25, 0.3) is 28.4 Å². The topological polar surface area (TPSA) is 104 Å². The number of nitro groups is 1. The van der Waals surface area contributed by atoms with E-state index in [1.807, 2.05) is 66.1 Å². The van der Waals surface area contributed by atoms with Crippen molar-refractivity contribution in [1.82, 2.24) is 14.8 Å². The molecule has 0 aliphatic heterocycles. The summed E-state index contributed by atoms with van der Waals surface area (Å²) in [6.07, 6.45) is 0. The van der Waals surface area contributed by atoms with Crippen LogP contribution in [0.4, 0.5) is 5.69 Å². The van der Waals surface area contributed by atoms with Crippen LogP contribution in [0.15, 0.2) is 101 Å². The van der Waals surface area contributed by atoms with E-state index in [0.717, 1.165) is 16.8 Å². The second kappa shape index (κ2) is 10.0. The number of aromatic nitrogens is 3. The summed E-state index contributed by atoms with van der Waals surface area (Å²) in [5.74, 6) is 1.26. The highest BCUT2D eigenvalue weighted by atomic mass is 32.2. The second-order valence-corrected chi connectivity index (χ2v) is 8.97. The van der Waals surface area contributed by atoms with Crippen LogP contribution < -0.4 is 0 Å². The zero-order valence-corrected chi connectivity index (χ0v) is 20.0. The predicted octanol–water partition coefficient (Wildman–Crippen LogP) is 6.39. The molecule has 5 rings (SSSR count). The number of carbonyl (C=O) groups excluding carboxylic acids is 1. The molecule has 2 heterocycles. The standard InChI is InChI=1S/C27H20N4O4S/c1-18-7-11-21(12-8-18)30-26(20-5-3-2-4-6-20)28-29-27(30)36-17-23(32)25-16-15-24(35-25)19-9-13-22(14-10-19)31(33)34/h2-16H,17H2,1H3. The number of nitrogens with zero attached hydrogens (tertiary/aromatic N) is 4. The first-order chi connectivity index (χ1) is 17.5. The third-order valence-electron chi connectivity index (χ3n) is 5.53. The molecule has 0 radical (unpaired) electrons. The number of Topliss-reactive ketones (excluding diaryl/α,β-unsaturated/α-hetero) is 1. The largest absolute Gasteiger partial charge is 0.453 e. The molecule has 5 aromatic rings. The Morgan fingerprint density at radius 1 is 0.917 bits per heavy atom. The van der Waals surface area contributed by atoms with E-state index in [1.165, 1.54) is 23.9 Å². The van der Waals surface area contributed by atoms with Gasteiger partial charge in [-0.15, -0.1) is 10.2 Å². The lowest BCUT2D eigenvalue weighted by Crippen LogP contribution is -2.04. The van der Waals surface area contributed by atoms with Crippen molar-refractivity contribution in [2.24, 2.45) is 0 Å². The molecule has 0 unspecified atom stereocenters. The van der Waals surface area contributed by atoms with Crippen molar-refractivity contribution in [3.63, 3.8) is 0 Å². The fourth-order valence-corrected chi connectivity index (χ4v) is 4.48. The van der Waals surface area contributed by atoms with Gasteiger partial charge in [0.2, 0.25) is 5.78 Å². The molecule has 0 bridgehead atoms. The molecule has 9 heteroatoms. The Labute approximate surface area is 210 Å². The molecule has 3 aromatic carbocycles. The number of rotatable bonds is 8. The number of benzene rings is 3. The molecule has 0 spiro atoms. The number of furan rings is 1. The van der Waals surface area contributed by atoms with E-state index in [4.69, 9.17) is 4.42 Å².